The van der Waals surface area contributed by atoms with E-state index in [4.69, 9.17) is 11.6 Å². The number of nitrogens with zero attached hydrogens (tertiary/aromatic N) is 4. The lowest BCUT2D eigenvalue weighted by atomic mass is 10.1. The molecule has 0 amide bonds. The summed E-state index contributed by atoms with van der Waals surface area (Å²) >= 11 is 6.44. The highest BCUT2D eigenvalue weighted by atomic mass is 35.5. The SMILES string of the molecule is CCC(CC)n1c(O)nc2ncc(Cl)c(-c3cc(C)ccn3)c21. The molecule has 0 aliphatic rings. The van der Waals surface area contributed by atoms with Gasteiger partial charge in [-0.15, -0.1) is 0 Å². The van der Waals surface area contributed by atoms with Crippen molar-refractivity contribution in [3.63, 3.8) is 0 Å². The monoisotopic (exact) mass is 330 g/mol. The van der Waals surface area contributed by atoms with Crippen LogP contribution in [0.3, 0.4) is 0 Å². The van der Waals surface area contributed by atoms with Gasteiger partial charge < -0.3 is 5.11 Å². The largest absolute Gasteiger partial charge is 0.480 e. The fraction of sp³-hybridized carbons (Fsp3) is 0.353. The number of aromatic nitrogens is 4. The predicted octanol–water partition coefficient (Wildman–Crippen LogP) is 4.52. The van der Waals surface area contributed by atoms with Gasteiger partial charge in [0.15, 0.2) is 5.65 Å². The van der Waals surface area contributed by atoms with Crippen LogP contribution >= 0.6 is 11.6 Å². The summed E-state index contributed by atoms with van der Waals surface area (Å²) < 4.78 is 1.83. The van der Waals surface area contributed by atoms with E-state index in [2.05, 4.69) is 28.8 Å². The van der Waals surface area contributed by atoms with Crippen molar-refractivity contribution in [1.82, 2.24) is 19.5 Å². The molecule has 3 aromatic heterocycles. The molecule has 0 aromatic carbocycles. The van der Waals surface area contributed by atoms with E-state index >= 15 is 0 Å². The van der Waals surface area contributed by atoms with Crippen molar-refractivity contribution in [2.45, 2.75) is 39.7 Å². The Morgan fingerprint density at radius 1 is 1.26 bits per heavy atom. The fourth-order valence-electron chi connectivity index (χ4n) is 2.94. The molecule has 0 bridgehead atoms. The van der Waals surface area contributed by atoms with E-state index in [9.17, 15) is 5.11 Å². The number of hydrogen-bond acceptors (Lipinski definition) is 4. The van der Waals surface area contributed by atoms with E-state index in [1.807, 2.05) is 23.6 Å². The lowest BCUT2D eigenvalue weighted by molar-refractivity contribution is 0.362. The molecular formula is C17H19ClN4O. The van der Waals surface area contributed by atoms with E-state index in [0.717, 1.165) is 35.2 Å². The molecule has 3 rings (SSSR count). The van der Waals surface area contributed by atoms with Crippen LogP contribution in [0.2, 0.25) is 5.02 Å². The third-order valence-corrected chi connectivity index (χ3v) is 4.42. The third kappa shape index (κ3) is 2.65. The van der Waals surface area contributed by atoms with Crippen LogP contribution in [0.15, 0.2) is 24.5 Å². The van der Waals surface area contributed by atoms with Gasteiger partial charge in [-0.05, 0) is 37.5 Å². The smallest absolute Gasteiger partial charge is 0.296 e. The van der Waals surface area contributed by atoms with Crippen molar-refractivity contribution < 1.29 is 5.11 Å². The van der Waals surface area contributed by atoms with Gasteiger partial charge in [-0.2, -0.15) is 4.98 Å². The zero-order valence-corrected chi connectivity index (χ0v) is 14.2. The molecule has 3 heterocycles. The van der Waals surface area contributed by atoms with Crippen molar-refractivity contribution in [3.05, 3.63) is 35.1 Å². The van der Waals surface area contributed by atoms with E-state index in [-0.39, 0.29) is 12.1 Å². The van der Waals surface area contributed by atoms with E-state index in [1.165, 1.54) is 0 Å². The first-order valence-corrected chi connectivity index (χ1v) is 8.13. The quantitative estimate of drug-likeness (QED) is 0.763. The highest BCUT2D eigenvalue weighted by Gasteiger charge is 2.23. The van der Waals surface area contributed by atoms with E-state index in [1.54, 1.807) is 12.4 Å². The zero-order valence-electron chi connectivity index (χ0n) is 13.4. The molecule has 3 aromatic rings. The molecule has 5 nitrogen and oxygen atoms in total. The maximum Gasteiger partial charge on any atom is 0.296 e. The molecular weight excluding hydrogens is 312 g/mol. The van der Waals surface area contributed by atoms with Gasteiger partial charge in [0, 0.05) is 24.0 Å². The molecule has 120 valence electrons. The summed E-state index contributed by atoms with van der Waals surface area (Å²) in [5.74, 6) is 0. The summed E-state index contributed by atoms with van der Waals surface area (Å²) in [4.78, 5) is 12.9. The molecule has 0 aliphatic carbocycles. The molecule has 0 saturated heterocycles. The summed E-state index contributed by atoms with van der Waals surface area (Å²) in [6, 6.07) is 4.01. The van der Waals surface area contributed by atoms with Crippen molar-refractivity contribution in [2.75, 3.05) is 0 Å². The number of imidazole rings is 1. The van der Waals surface area contributed by atoms with Crippen LogP contribution in [0.5, 0.6) is 6.01 Å². The van der Waals surface area contributed by atoms with Crippen LogP contribution in [0.1, 0.15) is 38.3 Å². The van der Waals surface area contributed by atoms with Crippen molar-refractivity contribution >= 4 is 22.8 Å². The van der Waals surface area contributed by atoms with Crippen molar-refractivity contribution in [2.24, 2.45) is 0 Å². The Balaban J connectivity index is 2.39. The summed E-state index contributed by atoms with van der Waals surface area (Å²) in [5, 5.41) is 10.8. The number of halogens is 1. The number of hydrogen-bond donors (Lipinski definition) is 1. The Labute approximate surface area is 140 Å². The predicted molar refractivity (Wildman–Crippen MR) is 91.8 cm³/mol. The Morgan fingerprint density at radius 2 is 2.00 bits per heavy atom. The van der Waals surface area contributed by atoms with Crippen LogP contribution < -0.4 is 0 Å². The summed E-state index contributed by atoms with van der Waals surface area (Å²) in [6.45, 7) is 6.18. The van der Waals surface area contributed by atoms with Crippen LogP contribution in [0, 0.1) is 6.92 Å². The number of fused-ring (bicyclic) bond motifs is 1. The van der Waals surface area contributed by atoms with Gasteiger partial charge in [0.2, 0.25) is 0 Å². The average molecular weight is 331 g/mol. The van der Waals surface area contributed by atoms with Gasteiger partial charge in [0.1, 0.15) is 5.52 Å². The third-order valence-electron chi connectivity index (χ3n) is 4.13. The van der Waals surface area contributed by atoms with Gasteiger partial charge in [-0.25, -0.2) is 4.98 Å². The van der Waals surface area contributed by atoms with Crippen LogP contribution in [-0.4, -0.2) is 24.6 Å². The summed E-state index contributed by atoms with van der Waals surface area (Å²) in [5.41, 5.74) is 3.84. The first-order valence-electron chi connectivity index (χ1n) is 7.75. The fourth-order valence-corrected chi connectivity index (χ4v) is 3.18. The van der Waals surface area contributed by atoms with Gasteiger partial charge >= 0.3 is 0 Å². The van der Waals surface area contributed by atoms with Crippen molar-refractivity contribution in [3.8, 4) is 17.3 Å². The lowest BCUT2D eigenvalue weighted by Gasteiger charge is -2.18. The molecule has 0 radical (unpaired) electrons. The van der Waals surface area contributed by atoms with Crippen LogP contribution in [-0.2, 0) is 0 Å². The Bertz CT molecular complexity index is 855. The molecule has 0 saturated carbocycles. The molecule has 0 aliphatic heterocycles. The minimum atomic E-state index is -0.0302. The summed E-state index contributed by atoms with van der Waals surface area (Å²) in [7, 11) is 0. The molecule has 23 heavy (non-hydrogen) atoms. The number of aryl methyl sites for hydroxylation is 1. The Hall–Kier alpha value is -2.14. The first-order chi connectivity index (χ1) is 11.1. The first kappa shape index (κ1) is 15.7. The Morgan fingerprint density at radius 3 is 2.65 bits per heavy atom. The molecule has 0 spiro atoms. The zero-order chi connectivity index (χ0) is 16.6. The normalized spacial score (nSPS) is 11.5. The maximum absolute atomic E-state index is 10.3. The molecule has 0 atom stereocenters. The second-order valence-electron chi connectivity index (χ2n) is 5.62. The van der Waals surface area contributed by atoms with Gasteiger partial charge in [-0.3, -0.25) is 9.55 Å². The molecule has 1 N–H and O–H groups in total. The Kier molecular flexibility index (Phi) is 4.22. The van der Waals surface area contributed by atoms with E-state index in [0.29, 0.717) is 10.7 Å². The second kappa shape index (κ2) is 6.16. The minimum Gasteiger partial charge on any atom is -0.480 e. The van der Waals surface area contributed by atoms with Gasteiger partial charge in [-0.1, -0.05) is 25.4 Å². The van der Waals surface area contributed by atoms with Crippen LogP contribution in [0.25, 0.3) is 22.4 Å². The maximum atomic E-state index is 10.3. The topological polar surface area (TPSA) is 63.8 Å². The number of rotatable bonds is 4. The minimum absolute atomic E-state index is 0.0302. The van der Waals surface area contributed by atoms with Crippen LogP contribution in [0.4, 0.5) is 0 Å². The average Bonchev–Trinajstić information content (AvgIpc) is 2.85. The number of aromatic hydroxyl groups is 1. The molecule has 0 fully saturated rings. The molecule has 6 heteroatoms. The standard InChI is InChI=1S/C17H19ClN4O/c1-4-11(5-2)22-15-14(13-8-10(3)6-7-19-13)12(18)9-20-16(15)21-17(22)23/h6-9,11H,4-5H2,1-3H3,(H,20,21,23). The van der Waals surface area contributed by atoms with E-state index < -0.39 is 0 Å². The number of pyridine rings is 2. The highest BCUT2D eigenvalue weighted by molar-refractivity contribution is 6.34. The van der Waals surface area contributed by atoms with Gasteiger partial charge in [0.25, 0.3) is 6.01 Å². The van der Waals surface area contributed by atoms with Crippen molar-refractivity contribution in [1.29, 1.82) is 0 Å². The highest BCUT2D eigenvalue weighted by Crippen LogP contribution is 2.38. The van der Waals surface area contributed by atoms with Gasteiger partial charge in [0.05, 0.1) is 10.7 Å². The molecule has 0 unspecified atom stereocenters. The second-order valence-corrected chi connectivity index (χ2v) is 6.03. The summed E-state index contributed by atoms with van der Waals surface area (Å²) in [6.07, 6.45) is 5.07. The lowest BCUT2D eigenvalue weighted by Crippen LogP contribution is -2.07.